The number of hydrogen-bond acceptors (Lipinski definition) is 4. The monoisotopic (exact) mass is 302 g/mol. The number of nitrogens with one attached hydrogen (secondary N) is 1. The minimum absolute atomic E-state index is 0. The Kier molecular flexibility index (Phi) is 5.20. The number of halogens is 2. The summed E-state index contributed by atoms with van der Waals surface area (Å²) in [5.74, 6) is 1.16. The fourth-order valence-corrected chi connectivity index (χ4v) is 1.89. The lowest BCUT2D eigenvalue weighted by molar-refractivity contribution is 0.107. The van der Waals surface area contributed by atoms with Gasteiger partial charge in [0.1, 0.15) is 17.2 Å². The van der Waals surface area contributed by atoms with Crippen molar-refractivity contribution in [3.63, 3.8) is 0 Å². The van der Waals surface area contributed by atoms with Crippen molar-refractivity contribution in [3.8, 4) is 22.6 Å². The van der Waals surface area contributed by atoms with Crippen molar-refractivity contribution in [3.05, 3.63) is 30.1 Å². The summed E-state index contributed by atoms with van der Waals surface area (Å²) in [6.45, 7) is 0. The zero-order valence-corrected chi connectivity index (χ0v) is 11.8. The highest BCUT2D eigenvalue weighted by Gasteiger charge is 2.20. The van der Waals surface area contributed by atoms with Crippen LogP contribution in [-0.4, -0.2) is 29.7 Å². The van der Waals surface area contributed by atoms with Crippen molar-refractivity contribution in [2.24, 2.45) is 0 Å². The molecule has 0 fully saturated rings. The van der Waals surface area contributed by atoms with E-state index in [1.807, 2.05) is 0 Å². The van der Waals surface area contributed by atoms with Crippen LogP contribution in [0.25, 0.3) is 11.1 Å². The first-order valence-corrected chi connectivity index (χ1v) is 5.51. The molecule has 0 amide bonds. The van der Waals surface area contributed by atoms with Crippen molar-refractivity contribution < 1.29 is 14.3 Å². The van der Waals surface area contributed by atoms with Gasteiger partial charge in [-0.15, -0.1) is 12.4 Å². The number of carbonyl (C=O) groups excluding carboxylic acids is 1. The van der Waals surface area contributed by atoms with Crippen LogP contribution in [0.2, 0.25) is 0 Å². The predicted octanol–water partition coefficient (Wildman–Crippen LogP) is 2.89. The highest BCUT2D eigenvalue weighted by atomic mass is 35.5. The van der Waals surface area contributed by atoms with Gasteiger partial charge in [0.2, 0.25) is 0 Å². The molecular weight excluding hydrogens is 291 g/mol. The van der Waals surface area contributed by atoms with Crippen LogP contribution in [-0.2, 0) is 0 Å². The number of aromatic nitrogens is 2. The molecule has 0 unspecified atom stereocenters. The van der Waals surface area contributed by atoms with E-state index in [1.165, 1.54) is 6.20 Å². The Balaban J connectivity index is 0.00000180. The molecule has 1 heterocycles. The normalized spacial score (nSPS) is 9.63. The van der Waals surface area contributed by atoms with Gasteiger partial charge in [-0.3, -0.25) is 9.89 Å². The number of nitrogens with zero attached hydrogens (tertiary/aromatic N) is 1. The first-order chi connectivity index (χ1) is 8.69. The minimum Gasteiger partial charge on any atom is -0.496 e. The molecule has 102 valence electrons. The molecule has 7 heteroatoms. The van der Waals surface area contributed by atoms with E-state index >= 15 is 0 Å². The predicted molar refractivity (Wildman–Crippen MR) is 74.6 cm³/mol. The van der Waals surface area contributed by atoms with E-state index in [0.717, 1.165) is 0 Å². The lowest BCUT2D eigenvalue weighted by Crippen LogP contribution is -1.97. The summed E-state index contributed by atoms with van der Waals surface area (Å²) in [4.78, 5) is 11.3. The summed E-state index contributed by atoms with van der Waals surface area (Å²) < 4.78 is 10.5. The molecule has 0 radical (unpaired) electrons. The van der Waals surface area contributed by atoms with Gasteiger partial charge >= 0.3 is 0 Å². The van der Waals surface area contributed by atoms with E-state index in [0.29, 0.717) is 22.6 Å². The van der Waals surface area contributed by atoms with Crippen LogP contribution in [0, 0.1) is 0 Å². The highest BCUT2D eigenvalue weighted by Crippen LogP contribution is 2.39. The minimum atomic E-state index is -0.615. The first-order valence-electron chi connectivity index (χ1n) is 5.13. The molecule has 1 aromatic carbocycles. The van der Waals surface area contributed by atoms with Crippen molar-refractivity contribution >= 4 is 29.3 Å². The summed E-state index contributed by atoms with van der Waals surface area (Å²) in [5, 5.41) is 5.78. The zero-order chi connectivity index (χ0) is 13.1. The van der Waals surface area contributed by atoms with E-state index in [2.05, 4.69) is 10.2 Å². The molecule has 1 N–H and O–H groups in total. The number of ether oxygens (including phenoxy) is 2. The van der Waals surface area contributed by atoms with E-state index in [9.17, 15) is 4.79 Å². The molecule has 0 atom stereocenters. The quantitative estimate of drug-likeness (QED) is 0.882. The lowest BCUT2D eigenvalue weighted by atomic mass is 10.0. The SMILES string of the molecule is COc1cccc(OC)c1-c1cn[nH]c1C(=O)Cl.Cl. The Labute approximate surface area is 121 Å². The fraction of sp³-hybridized carbons (Fsp3) is 0.167. The third kappa shape index (κ3) is 2.83. The number of aromatic amines is 1. The first kappa shape index (κ1) is 15.3. The number of rotatable bonds is 4. The summed E-state index contributed by atoms with van der Waals surface area (Å²) in [6, 6.07) is 5.34. The Morgan fingerprint density at radius 2 is 1.84 bits per heavy atom. The second-order valence-corrected chi connectivity index (χ2v) is 3.81. The Morgan fingerprint density at radius 3 is 2.32 bits per heavy atom. The van der Waals surface area contributed by atoms with Gasteiger partial charge in [0.25, 0.3) is 5.24 Å². The van der Waals surface area contributed by atoms with Gasteiger partial charge in [-0.05, 0) is 23.7 Å². The van der Waals surface area contributed by atoms with Gasteiger partial charge in [0, 0.05) is 5.56 Å². The number of hydrogen-bond donors (Lipinski definition) is 1. The molecule has 0 saturated heterocycles. The largest absolute Gasteiger partial charge is 0.496 e. The summed E-state index contributed by atoms with van der Waals surface area (Å²) in [6.07, 6.45) is 1.51. The molecule has 0 spiro atoms. The molecule has 2 rings (SSSR count). The summed E-state index contributed by atoms with van der Waals surface area (Å²) in [5.41, 5.74) is 1.39. The van der Waals surface area contributed by atoms with Crippen molar-refractivity contribution in [2.75, 3.05) is 14.2 Å². The molecule has 1 aromatic heterocycles. The van der Waals surface area contributed by atoms with E-state index in [4.69, 9.17) is 21.1 Å². The molecule has 0 saturated carbocycles. The molecule has 5 nitrogen and oxygen atoms in total. The Hall–Kier alpha value is -1.72. The van der Waals surface area contributed by atoms with E-state index in [-0.39, 0.29) is 18.1 Å². The maximum absolute atomic E-state index is 11.3. The number of benzene rings is 1. The van der Waals surface area contributed by atoms with Gasteiger partial charge in [0.05, 0.1) is 26.0 Å². The van der Waals surface area contributed by atoms with Crippen molar-refractivity contribution in [1.29, 1.82) is 0 Å². The van der Waals surface area contributed by atoms with Crippen LogP contribution >= 0.6 is 24.0 Å². The van der Waals surface area contributed by atoms with Gasteiger partial charge in [-0.1, -0.05) is 6.07 Å². The number of methoxy groups -OCH3 is 2. The summed E-state index contributed by atoms with van der Waals surface area (Å²) >= 11 is 5.50. The second kappa shape index (κ2) is 6.45. The van der Waals surface area contributed by atoms with Crippen LogP contribution in [0.15, 0.2) is 24.4 Å². The summed E-state index contributed by atoms with van der Waals surface area (Å²) in [7, 11) is 3.08. The van der Waals surface area contributed by atoms with Gasteiger partial charge in [-0.25, -0.2) is 0 Å². The average molecular weight is 303 g/mol. The van der Waals surface area contributed by atoms with Gasteiger partial charge < -0.3 is 9.47 Å². The molecule has 0 aliphatic heterocycles. The third-order valence-corrected chi connectivity index (χ3v) is 2.72. The smallest absolute Gasteiger partial charge is 0.270 e. The highest BCUT2D eigenvalue weighted by molar-refractivity contribution is 6.68. The Morgan fingerprint density at radius 1 is 1.26 bits per heavy atom. The van der Waals surface area contributed by atoms with E-state index in [1.54, 1.807) is 32.4 Å². The zero-order valence-electron chi connectivity index (χ0n) is 10.3. The fourth-order valence-electron chi connectivity index (χ4n) is 1.74. The standard InChI is InChI=1S/C12H11ClN2O3.ClH/c1-17-8-4-3-5-9(18-2)10(8)7-6-14-15-11(7)12(13)16;/h3-6H,1-2H3,(H,14,15);1H. The van der Waals surface area contributed by atoms with Crippen molar-refractivity contribution in [1.82, 2.24) is 10.2 Å². The number of H-pyrrole nitrogens is 1. The van der Waals surface area contributed by atoms with Crippen LogP contribution in [0.3, 0.4) is 0 Å². The molecule has 0 aliphatic rings. The lowest BCUT2D eigenvalue weighted by Gasteiger charge is -2.12. The topological polar surface area (TPSA) is 64.2 Å². The second-order valence-electron chi connectivity index (χ2n) is 3.47. The van der Waals surface area contributed by atoms with Gasteiger partial charge in [-0.2, -0.15) is 5.10 Å². The average Bonchev–Trinajstić information content (AvgIpc) is 2.86. The molecule has 2 aromatic rings. The molecule has 0 bridgehead atoms. The van der Waals surface area contributed by atoms with Gasteiger partial charge in [0.15, 0.2) is 0 Å². The Bertz CT molecular complexity index is 562. The van der Waals surface area contributed by atoms with Crippen LogP contribution in [0.1, 0.15) is 10.5 Å². The maximum atomic E-state index is 11.3. The third-order valence-electron chi connectivity index (χ3n) is 2.53. The maximum Gasteiger partial charge on any atom is 0.270 e. The van der Waals surface area contributed by atoms with Crippen LogP contribution in [0.5, 0.6) is 11.5 Å². The number of carbonyl (C=O) groups is 1. The molecule has 0 aliphatic carbocycles. The molecular formula is C12H12Cl2N2O3. The van der Waals surface area contributed by atoms with Crippen molar-refractivity contribution in [2.45, 2.75) is 0 Å². The molecule has 19 heavy (non-hydrogen) atoms. The van der Waals surface area contributed by atoms with Crippen LogP contribution in [0.4, 0.5) is 0 Å². The van der Waals surface area contributed by atoms with Crippen LogP contribution < -0.4 is 9.47 Å². The van der Waals surface area contributed by atoms with E-state index < -0.39 is 5.24 Å².